The van der Waals surface area contributed by atoms with Crippen LogP contribution in [0.5, 0.6) is 5.75 Å². The molecule has 1 aromatic heterocycles. The van der Waals surface area contributed by atoms with Crippen LogP contribution in [0.25, 0.3) is 10.9 Å². The van der Waals surface area contributed by atoms with Crippen molar-refractivity contribution in [1.82, 2.24) is 9.66 Å². The lowest BCUT2D eigenvalue weighted by Crippen LogP contribution is -2.23. The van der Waals surface area contributed by atoms with Crippen molar-refractivity contribution in [2.24, 2.45) is 5.10 Å². The lowest BCUT2D eigenvalue weighted by atomic mass is 10.2. The molecule has 0 amide bonds. The molecule has 0 fully saturated rings. The van der Waals surface area contributed by atoms with E-state index in [2.05, 4.69) is 71.2 Å². The highest BCUT2D eigenvalue weighted by Crippen LogP contribution is 2.29. The normalized spacial score (nSPS) is 11.5. The van der Waals surface area contributed by atoms with Gasteiger partial charge in [-0.15, -0.1) is 0 Å². The first-order valence-corrected chi connectivity index (χ1v) is 13.7. The van der Waals surface area contributed by atoms with Crippen LogP contribution in [0, 0.1) is 17.3 Å². The highest BCUT2D eigenvalue weighted by Gasteiger charge is 2.14. The number of benzene rings is 3. The van der Waals surface area contributed by atoms with Crippen LogP contribution in [0.1, 0.15) is 36.7 Å². The molecule has 4 rings (SSSR count). The molecule has 11 heteroatoms. The summed E-state index contributed by atoms with van der Waals surface area (Å²) in [4.78, 5) is 28.3. The lowest BCUT2D eigenvalue weighted by Gasteiger charge is -2.13. The second kappa shape index (κ2) is 11.3. The molecule has 0 aliphatic heterocycles. The molecule has 36 heavy (non-hydrogen) atoms. The molecule has 0 aliphatic carbocycles. The number of fused-ring (bicyclic) bond motifs is 1. The first-order chi connectivity index (χ1) is 17.1. The second-order valence-corrected chi connectivity index (χ2v) is 11.4. The van der Waals surface area contributed by atoms with E-state index in [9.17, 15) is 14.9 Å². The van der Waals surface area contributed by atoms with E-state index in [0.717, 1.165) is 22.7 Å². The van der Waals surface area contributed by atoms with E-state index in [1.54, 1.807) is 24.4 Å². The van der Waals surface area contributed by atoms with Crippen molar-refractivity contribution >= 4 is 83.9 Å². The fraction of sp³-hybridized carbons (Fsp3) is 0.160. The number of hydrogen-bond donors (Lipinski definition) is 0. The van der Waals surface area contributed by atoms with Crippen LogP contribution < -0.4 is 10.3 Å². The molecular weight excluding hydrogens is 754 g/mol. The summed E-state index contributed by atoms with van der Waals surface area (Å²) >= 11 is 7.81. The standard InChI is InChI=1S/C25H19BrI2N4O4/c1-14(2)24-30-22-8-5-17(26)11-19(22)25(33)31(24)29-12-16-9-20(27)23(21(28)10-16)36-13-15-3-6-18(7-4-15)32(34)35/h3-12,14H,13H2,1-2H3. The van der Waals surface area contributed by atoms with Crippen molar-refractivity contribution in [1.29, 1.82) is 0 Å². The molecule has 0 bridgehead atoms. The molecular formula is C25H19BrI2N4O4. The Bertz CT molecular complexity index is 1530. The molecule has 0 saturated carbocycles. The van der Waals surface area contributed by atoms with Crippen molar-refractivity contribution in [3.63, 3.8) is 0 Å². The summed E-state index contributed by atoms with van der Waals surface area (Å²) < 4.78 is 9.91. The van der Waals surface area contributed by atoms with Gasteiger partial charge < -0.3 is 4.74 Å². The summed E-state index contributed by atoms with van der Waals surface area (Å²) in [6.45, 7) is 4.23. The number of nitro groups is 1. The summed E-state index contributed by atoms with van der Waals surface area (Å²) in [5, 5.41) is 15.8. The topological polar surface area (TPSA) is 99.6 Å². The highest BCUT2D eigenvalue weighted by atomic mass is 127. The van der Waals surface area contributed by atoms with Gasteiger partial charge in [0.15, 0.2) is 0 Å². The number of nitro benzene ring substituents is 1. The minimum atomic E-state index is -0.429. The first kappa shape index (κ1) is 26.7. The molecule has 0 unspecified atom stereocenters. The number of non-ortho nitro benzene ring substituents is 1. The molecule has 0 atom stereocenters. The molecule has 0 N–H and O–H groups in total. The van der Waals surface area contributed by atoms with Crippen LogP contribution in [-0.4, -0.2) is 20.8 Å². The van der Waals surface area contributed by atoms with E-state index >= 15 is 0 Å². The predicted molar refractivity (Wildman–Crippen MR) is 160 cm³/mol. The van der Waals surface area contributed by atoms with Gasteiger partial charge >= 0.3 is 0 Å². The predicted octanol–water partition coefficient (Wildman–Crippen LogP) is 6.86. The Kier molecular flexibility index (Phi) is 8.40. The van der Waals surface area contributed by atoms with Crippen LogP contribution in [0.15, 0.2) is 69.0 Å². The molecule has 184 valence electrons. The first-order valence-electron chi connectivity index (χ1n) is 10.8. The average Bonchev–Trinajstić information content (AvgIpc) is 2.83. The van der Waals surface area contributed by atoms with Gasteiger partial charge in [-0.1, -0.05) is 29.8 Å². The van der Waals surface area contributed by atoms with Crippen molar-refractivity contribution < 1.29 is 9.66 Å². The summed E-state index contributed by atoms with van der Waals surface area (Å²) in [6.07, 6.45) is 1.64. The maximum Gasteiger partial charge on any atom is 0.282 e. The Balaban J connectivity index is 1.61. The third-order valence-electron chi connectivity index (χ3n) is 5.22. The minimum absolute atomic E-state index is 0.00151. The zero-order chi connectivity index (χ0) is 26.0. The fourth-order valence-corrected chi connectivity index (χ4v) is 5.93. The Morgan fingerprint density at radius 1 is 1.14 bits per heavy atom. The zero-order valence-corrected chi connectivity index (χ0v) is 25.0. The SMILES string of the molecule is CC(C)c1nc2ccc(Br)cc2c(=O)n1N=Cc1cc(I)c(OCc2ccc([N+](=O)[O-])cc2)c(I)c1. The Labute approximate surface area is 242 Å². The van der Waals surface area contributed by atoms with E-state index in [4.69, 9.17) is 4.74 Å². The number of hydrogen-bond acceptors (Lipinski definition) is 6. The van der Waals surface area contributed by atoms with Gasteiger partial charge in [-0.2, -0.15) is 9.78 Å². The van der Waals surface area contributed by atoms with Crippen molar-refractivity contribution in [3.8, 4) is 5.75 Å². The molecule has 0 aliphatic rings. The van der Waals surface area contributed by atoms with Crippen molar-refractivity contribution in [3.05, 3.63) is 104 Å². The molecule has 0 saturated heterocycles. The van der Waals surface area contributed by atoms with E-state index < -0.39 is 4.92 Å². The van der Waals surface area contributed by atoms with Crippen LogP contribution >= 0.6 is 61.1 Å². The molecule has 1 heterocycles. The average molecular weight is 773 g/mol. The quantitative estimate of drug-likeness (QED) is 0.0885. The van der Waals surface area contributed by atoms with Gasteiger partial charge in [0.2, 0.25) is 0 Å². The number of ether oxygens (including phenoxy) is 1. The lowest BCUT2D eigenvalue weighted by molar-refractivity contribution is -0.384. The Morgan fingerprint density at radius 2 is 1.81 bits per heavy atom. The second-order valence-electron chi connectivity index (χ2n) is 8.17. The maximum atomic E-state index is 13.2. The summed E-state index contributed by atoms with van der Waals surface area (Å²) in [6, 6.07) is 15.6. The highest BCUT2D eigenvalue weighted by molar-refractivity contribution is 14.1. The van der Waals surface area contributed by atoms with E-state index in [0.29, 0.717) is 22.5 Å². The van der Waals surface area contributed by atoms with Crippen LogP contribution in [0.4, 0.5) is 5.69 Å². The third-order valence-corrected chi connectivity index (χ3v) is 7.32. The van der Waals surface area contributed by atoms with Crippen LogP contribution in [0.3, 0.4) is 0 Å². The third kappa shape index (κ3) is 5.94. The van der Waals surface area contributed by atoms with Crippen LogP contribution in [0.2, 0.25) is 0 Å². The van der Waals surface area contributed by atoms with Gasteiger partial charge in [-0.3, -0.25) is 14.9 Å². The summed E-state index contributed by atoms with van der Waals surface area (Å²) in [5.41, 5.74) is 2.09. The largest absolute Gasteiger partial charge is 0.487 e. The molecule has 4 aromatic rings. The minimum Gasteiger partial charge on any atom is -0.487 e. The maximum absolute atomic E-state index is 13.2. The molecule has 0 radical (unpaired) electrons. The Morgan fingerprint density at radius 3 is 2.42 bits per heavy atom. The van der Waals surface area contributed by atoms with Gasteiger partial charge in [0.1, 0.15) is 18.2 Å². The van der Waals surface area contributed by atoms with E-state index in [1.165, 1.54) is 16.8 Å². The summed E-state index contributed by atoms with van der Waals surface area (Å²) in [7, 11) is 0. The molecule has 8 nitrogen and oxygen atoms in total. The van der Waals surface area contributed by atoms with E-state index in [1.807, 2.05) is 38.1 Å². The molecule has 0 spiro atoms. The van der Waals surface area contributed by atoms with Crippen LogP contribution in [-0.2, 0) is 6.61 Å². The number of rotatable bonds is 7. The zero-order valence-electron chi connectivity index (χ0n) is 19.1. The van der Waals surface area contributed by atoms with Gasteiger partial charge in [-0.25, -0.2) is 4.98 Å². The molecule has 3 aromatic carbocycles. The number of nitrogens with zero attached hydrogens (tertiary/aromatic N) is 4. The van der Waals surface area contributed by atoms with Crippen molar-refractivity contribution in [2.45, 2.75) is 26.4 Å². The fourth-order valence-electron chi connectivity index (χ4n) is 3.44. The monoisotopic (exact) mass is 772 g/mol. The number of aromatic nitrogens is 2. The van der Waals surface area contributed by atoms with Gasteiger partial charge in [0.25, 0.3) is 11.2 Å². The number of halogens is 3. The summed E-state index contributed by atoms with van der Waals surface area (Å²) in [5.74, 6) is 1.29. The van der Waals surface area contributed by atoms with Gasteiger partial charge in [-0.05, 0) is 98.8 Å². The van der Waals surface area contributed by atoms with Gasteiger partial charge in [0, 0.05) is 22.5 Å². The Hall–Kier alpha value is -2.39. The van der Waals surface area contributed by atoms with E-state index in [-0.39, 0.29) is 23.8 Å². The smallest absolute Gasteiger partial charge is 0.282 e. The van der Waals surface area contributed by atoms with Crippen molar-refractivity contribution in [2.75, 3.05) is 0 Å². The van der Waals surface area contributed by atoms with Gasteiger partial charge in [0.05, 0.1) is 29.2 Å².